The molecule has 0 bridgehead atoms. The summed E-state index contributed by atoms with van der Waals surface area (Å²) in [7, 11) is 0. The van der Waals surface area contributed by atoms with Gasteiger partial charge in [-0.05, 0) is 24.3 Å². The van der Waals surface area contributed by atoms with E-state index in [1.54, 1.807) is 42.5 Å². The average molecular weight is 325 g/mol. The summed E-state index contributed by atoms with van der Waals surface area (Å²) in [6, 6.07) is 13.8. The normalized spacial score (nSPS) is 11.2. The molecule has 2 aromatic carbocycles. The Morgan fingerprint density at radius 3 is 2.78 bits per heavy atom. The van der Waals surface area contributed by atoms with Gasteiger partial charge in [0.2, 0.25) is 0 Å². The largest absolute Gasteiger partial charge is 0.337 e. The van der Waals surface area contributed by atoms with E-state index >= 15 is 0 Å². The second-order valence-corrected chi connectivity index (χ2v) is 5.49. The Morgan fingerprint density at radius 2 is 1.96 bits per heavy atom. The molecular weight excluding hydrogens is 316 g/mol. The minimum atomic E-state index is -0.433. The van der Waals surface area contributed by atoms with Crippen LogP contribution in [0.25, 0.3) is 33.5 Å². The van der Waals surface area contributed by atoms with Crippen molar-refractivity contribution in [2.45, 2.75) is 0 Å². The second-order valence-electron chi connectivity index (χ2n) is 5.05. The number of hydrogen-bond donors (Lipinski definition) is 1. The number of nitro groups is 1. The van der Waals surface area contributed by atoms with Crippen molar-refractivity contribution in [3.63, 3.8) is 0 Å². The van der Waals surface area contributed by atoms with Gasteiger partial charge in [-0.2, -0.15) is 0 Å². The first-order chi connectivity index (χ1) is 11.1. The van der Waals surface area contributed by atoms with Gasteiger partial charge in [-0.3, -0.25) is 10.1 Å². The van der Waals surface area contributed by atoms with Crippen LogP contribution in [-0.2, 0) is 0 Å². The van der Waals surface area contributed by atoms with Crippen LogP contribution in [0.1, 0.15) is 0 Å². The summed E-state index contributed by atoms with van der Waals surface area (Å²) >= 11 is 5.97. The zero-order chi connectivity index (χ0) is 16.0. The van der Waals surface area contributed by atoms with Crippen molar-refractivity contribution in [2.24, 2.45) is 0 Å². The minimum absolute atomic E-state index is 0.0245. The van der Waals surface area contributed by atoms with E-state index in [4.69, 9.17) is 11.6 Å². The lowest BCUT2D eigenvalue weighted by molar-refractivity contribution is -0.383. The zero-order valence-corrected chi connectivity index (χ0v) is 12.4. The minimum Gasteiger partial charge on any atom is -0.337 e. The number of aromatic nitrogens is 3. The molecule has 0 amide bonds. The highest BCUT2D eigenvalue weighted by atomic mass is 35.5. The summed E-state index contributed by atoms with van der Waals surface area (Å²) in [6.45, 7) is 0. The molecule has 7 heteroatoms. The lowest BCUT2D eigenvalue weighted by atomic mass is 10.1. The van der Waals surface area contributed by atoms with Crippen molar-refractivity contribution in [3.05, 3.63) is 63.7 Å². The molecule has 0 aliphatic heterocycles. The number of fused-ring (bicyclic) bond motifs is 2. The van der Waals surface area contributed by atoms with E-state index < -0.39 is 4.92 Å². The van der Waals surface area contributed by atoms with Gasteiger partial charge in [-0.25, -0.2) is 9.97 Å². The van der Waals surface area contributed by atoms with E-state index in [1.807, 2.05) is 0 Å². The van der Waals surface area contributed by atoms with Crippen LogP contribution in [0.4, 0.5) is 5.69 Å². The molecule has 1 N–H and O–H groups in total. The SMILES string of the molecule is O=[N+]([O-])c1cccc2ccc(-c3nc4ccc(Cl)cc4[nH]3)nc12. The fourth-order valence-corrected chi connectivity index (χ4v) is 2.69. The molecule has 2 heterocycles. The molecule has 23 heavy (non-hydrogen) atoms. The van der Waals surface area contributed by atoms with Crippen LogP contribution in [0.15, 0.2) is 48.5 Å². The van der Waals surface area contributed by atoms with Crippen LogP contribution in [0.3, 0.4) is 0 Å². The predicted molar refractivity (Wildman–Crippen MR) is 88.5 cm³/mol. The Kier molecular flexibility index (Phi) is 2.99. The summed E-state index contributed by atoms with van der Waals surface area (Å²) in [6.07, 6.45) is 0. The molecule has 2 aromatic heterocycles. The molecule has 6 nitrogen and oxygen atoms in total. The Morgan fingerprint density at radius 1 is 1.09 bits per heavy atom. The molecule has 4 rings (SSSR count). The molecule has 0 saturated carbocycles. The van der Waals surface area contributed by atoms with Gasteiger partial charge in [0.25, 0.3) is 5.69 Å². The van der Waals surface area contributed by atoms with Crippen molar-refractivity contribution in [2.75, 3.05) is 0 Å². The predicted octanol–water partition coefficient (Wildman–Crippen LogP) is 4.34. The molecule has 112 valence electrons. The molecular formula is C16H9ClN4O2. The molecule has 4 aromatic rings. The molecule has 0 spiro atoms. The number of nitrogens with zero attached hydrogens (tertiary/aromatic N) is 3. The van der Waals surface area contributed by atoms with E-state index in [-0.39, 0.29) is 5.69 Å². The number of halogens is 1. The number of H-pyrrole nitrogens is 1. The molecule has 0 aliphatic carbocycles. The van der Waals surface area contributed by atoms with Gasteiger partial charge in [0.15, 0.2) is 5.82 Å². The van der Waals surface area contributed by atoms with Gasteiger partial charge in [0.1, 0.15) is 11.2 Å². The van der Waals surface area contributed by atoms with E-state index in [0.29, 0.717) is 27.4 Å². The van der Waals surface area contributed by atoms with Gasteiger partial charge >= 0.3 is 0 Å². The zero-order valence-electron chi connectivity index (χ0n) is 11.7. The van der Waals surface area contributed by atoms with Crippen molar-refractivity contribution in [3.8, 4) is 11.5 Å². The number of imidazole rings is 1. The van der Waals surface area contributed by atoms with Crippen molar-refractivity contribution < 1.29 is 4.92 Å². The standard InChI is InChI=1S/C16H9ClN4O2/c17-10-5-7-11-13(8-10)20-16(19-11)12-6-4-9-2-1-3-14(21(22)23)15(9)18-12/h1-8H,(H,19,20). The first kappa shape index (κ1) is 13.7. The van der Waals surface area contributed by atoms with Crippen molar-refractivity contribution in [1.82, 2.24) is 15.0 Å². The molecule has 0 radical (unpaired) electrons. The summed E-state index contributed by atoms with van der Waals surface area (Å²) in [5.41, 5.74) is 2.40. The summed E-state index contributed by atoms with van der Waals surface area (Å²) in [4.78, 5) is 22.7. The van der Waals surface area contributed by atoms with Gasteiger partial charge in [-0.1, -0.05) is 29.8 Å². The van der Waals surface area contributed by atoms with Crippen molar-refractivity contribution in [1.29, 1.82) is 0 Å². The van der Waals surface area contributed by atoms with E-state index in [9.17, 15) is 10.1 Å². The number of pyridine rings is 1. The Labute approximate surface area is 134 Å². The Bertz CT molecular complexity index is 1070. The van der Waals surface area contributed by atoms with Gasteiger partial charge in [0.05, 0.1) is 16.0 Å². The molecule has 0 saturated heterocycles. The third kappa shape index (κ3) is 2.29. The monoisotopic (exact) mass is 324 g/mol. The smallest absolute Gasteiger partial charge is 0.295 e. The number of para-hydroxylation sites is 1. The molecule has 0 unspecified atom stereocenters. The summed E-state index contributed by atoms with van der Waals surface area (Å²) in [5.74, 6) is 0.544. The molecule has 0 fully saturated rings. The van der Waals surface area contributed by atoms with Crippen LogP contribution in [0, 0.1) is 10.1 Å². The lowest BCUT2D eigenvalue weighted by Crippen LogP contribution is -1.93. The van der Waals surface area contributed by atoms with Crippen molar-refractivity contribution >= 4 is 39.2 Å². The first-order valence-corrected chi connectivity index (χ1v) is 7.19. The molecule has 0 atom stereocenters. The van der Waals surface area contributed by atoms with E-state index in [1.165, 1.54) is 6.07 Å². The highest BCUT2D eigenvalue weighted by molar-refractivity contribution is 6.31. The Hall–Kier alpha value is -2.99. The topological polar surface area (TPSA) is 84.7 Å². The van der Waals surface area contributed by atoms with Crippen LogP contribution in [0.2, 0.25) is 5.02 Å². The highest BCUT2D eigenvalue weighted by Gasteiger charge is 2.15. The number of non-ortho nitro benzene ring substituents is 1. The number of nitro benzene ring substituents is 1. The highest BCUT2D eigenvalue weighted by Crippen LogP contribution is 2.27. The van der Waals surface area contributed by atoms with Crippen LogP contribution in [0.5, 0.6) is 0 Å². The summed E-state index contributed by atoms with van der Waals surface area (Å²) in [5, 5.41) is 12.5. The number of hydrogen-bond acceptors (Lipinski definition) is 4. The number of rotatable bonds is 2. The van der Waals surface area contributed by atoms with Crippen LogP contribution in [-0.4, -0.2) is 19.9 Å². The maximum atomic E-state index is 11.2. The van der Waals surface area contributed by atoms with E-state index in [0.717, 1.165) is 11.0 Å². The third-order valence-electron chi connectivity index (χ3n) is 3.58. The Balaban J connectivity index is 1.93. The van der Waals surface area contributed by atoms with Crippen LogP contribution < -0.4 is 0 Å². The fraction of sp³-hybridized carbons (Fsp3) is 0. The number of benzene rings is 2. The van der Waals surface area contributed by atoms with Gasteiger partial charge in [-0.15, -0.1) is 0 Å². The maximum Gasteiger partial charge on any atom is 0.295 e. The van der Waals surface area contributed by atoms with Gasteiger partial charge < -0.3 is 4.98 Å². The van der Waals surface area contributed by atoms with Crippen LogP contribution >= 0.6 is 11.6 Å². The average Bonchev–Trinajstić information content (AvgIpc) is 2.96. The van der Waals surface area contributed by atoms with Gasteiger partial charge in [0, 0.05) is 16.5 Å². The maximum absolute atomic E-state index is 11.2. The van der Waals surface area contributed by atoms with E-state index in [2.05, 4.69) is 15.0 Å². The second kappa shape index (κ2) is 5.03. The molecule has 0 aliphatic rings. The number of nitrogens with one attached hydrogen (secondary N) is 1. The fourth-order valence-electron chi connectivity index (χ4n) is 2.51. The lowest BCUT2D eigenvalue weighted by Gasteiger charge is -2.01. The third-order valence-corrected chi connectivity index (χ3v) is 3.82. The quantitative estimate of drug-likeness (QED) is 0.439. The summed E-state index contributed by atoms with van der Waals surface area (Å²) < 4.78 is 0. The number of aromatic amines is 1. The first-order valence-electron chi connectivity index (χ1n) is 6.81.